The molecule has 156 valence electrons. The van der Waals surface area contributed by atoms with Gasteiger partial charge in [0.2, 0.25) is 0 Å². The lowest BCUT2D eigenvalue weighted by molar-refractivity contribution is -0.119. The lowest BCUT2D eigenvalue weighted by Gasteiger charge is -2.10. The van der Waals surface area contributed by atoms with Crippen LogP contribution in [0.25, 0.3) is 5.95 Å². The van der Waals surface area contributed by atoms with E-state index in [-0.39, 0.29) is 11.3 Å². The largest absolute Gasteiger partial charge is 0.507 e. The van der Waals surface area contributed by atoms with Gasteiger partial charge in [0.05, 0.1) is 12.8 Å². The van der Waals surface area contributed by atoms with Crippen LogP contribution in [0.5, 0.6) is 11.5 Å². The maximum absolute atomic E-state index is 12.3. The standard InChI is InChI=1S/C20H21N5O5/c1-11-7-12(2)22-20(21-11)25-17(8-13(3)24-25)23-18(27)10-30-19(28)15-6-5-14(29-4)9-16(15)26/h5-9,26H,10H2,1-4H3,(H,23,27). The van der Waals surface area contributed by atoms with Crippen LogP contribution in [-0.4, -0.2) is 50.4 Å². The first-order valence-electron chi connectivity index (χ1n) is 9.00. The van der Waals surface area contributed by atoms with Crippen LogP contribution >= 0.6 is 0 Å². The van der Waals surface area contributed by atoms with E-state index in [1.165, 1.54) is 30.0 Å². The summed E-state index contributed by atoms with van der Waals surface area (Å²) in [6, 6.07) is 7.61. The molecule has 10 heteroatoms. The first-order chi connectivity index (χ1) is 14.3. The van der Waals surface area contributed by atoms with E-state index < -0.39 is 18.5 Å². The Kier molecular flexibility index (Phi) is 5.95. The molecule has 30 heavy (non-hydrogen) atoms. The molecule has 0 saturated heterocycles. The summed E-state index contributed by atoms with van der Waals surface area (Å²) in [5, 5.41) is 16.8. The smallest absolute Gasteiger partial charge is 0.342 e. The van der Waals surface area contributed by atoms with Gasteiger partial charge in [0.1, 0.15) is 22.9 Å². The minimum atomic E-state index is -0.840. The van der Waals surface area contributed by atoms with Gasteiger partial charge in [0, 0.05) is 23.5 Å². The second-order valence-electron chi connectivity index (χ2n) is 6.54. The molecule has 0 radical (unpaired) electrons. The monoisotopic (exact) mass is 411 g/mol. The zero-order valence-corrected chi connectivity index (χ0v) is 17.0. The number of phenolic OH excluding ortho intramolecular Hbond substituents is 1. The number of rotatable bonds is 6. The normalized spacial score (nSPS) is 10.5. The number of nitrogens with zero attached hydrogens (tertiary/aromatic N) is 4. The molecule has 3 rings (SSSR count). The van der Waals surface area contributed by atoms with Crippen LogP contribution in [0.1, 0.15) is 27.4 Å². The van der Waals surface area contributed by atoms with Crippen LogP contribution in [0.2, 0.25) is 0 Å². The van der Waals surface area contributed by atoms with Crippen LogP contribution in [0.15, 0.2) is 30.3 Å². The Morgan fingerprint density at radius 3 is 2.40 bits per heavy atom. The minimum absolute atomic E-state index is 0.0758. The van der Waals surface area contributed by atoms with E-state index >= 15 is 0 Å². The molecule has 3 aromatic rings. The second kappa shape index (κ2) is 8.60. The first kappa shape index (κ1) is 20.8. The number of methoxy groups -OCH3 is 1. The summed E-state index contributed by atoms with van der Waals surface area (Å²) in [5.41, 5.74) is 2.09. The molecule has 10 nitrogen and oxygen atoms in total. The van der Waals surface area contributed by atoms with Crippen molar-refractivity contribution in [1.29, 1.82) is 0 Å². The highest BCUT2D eigenvalue weighted by Crippen LogP contribution is 2.24. The number of ether oxygens (including phenoxy) is 2. The number of aromatic hydroxyl groups is 1. The molecular formula is C20H21N5O5. The number of aryl methyl sites for hydroxylation is 3. The third kappa shape index (κ3) is 4.72. The Balaban J connectivity index is 1.69. The van der Waals surface area contributed by atoms with Gasteiger partial charge in [-0.2, -0.15) is 9.78 Å². The number of anilines is 1. The number of hydrogen-bond acceptors (Lipinski definition) is 8. The van der Waals surface area contributed by atoms with Crippen molar-refractivity contribution in [2.75, 3.05) is 19.0 Å². The average Bonchev–Trinajstić information content (AvgIpc) is 3.05. The van der Waals surface area contributed by atoms with Crippen molar-refractivity contribution in [1.82, 2.24) is 19.7 Å². The Morgan fingerprint density at radius 2 is 1.77 bits per heavy atom. The summed E-state index contributed by atoms with van der Waals surface area (Å²) in [6.45, 7) is 4.88. The molecule has 0 fully saturated rings. The summed E-state index contributed by atoms with van der Waals surface area (Å²) in [4.78, 5) is 33.1. The van der Waals surface area contributed by atoms with E-state index in [1.54, 1.807) is 13.0 Å². The van der Waals surface area contributed by atoms with Gasteiger partial charge < -0.3 is 19.9 Å². The molecular weight excluding hydrogens is 390 g/mol. The average molecular weight is 411 g/mol. The number of carbonyl (C=O) groups is 2. The summed E-state index contributed by atoms with van der Waals surface area (Å²) in [6.07, 6.45) is 0. The molecule has 0 aliphatic carbocycles. The molecule has 0 unspecified atom stereocenters. The van der Waals surface area contributed by atoms with Crippen molar-refractivity contribution in [2.45, 2.75) is 20.8 Å². The van der Waals surface area contributed by atoms with E-state index in [1.807, 2.05) is 19.9 Å². The lowest BCUT2D eigenvalue weighted by Crippen LogP contribution is -2.23. The van der Waals surface area contributed by atoms with Crippen LogP contribution in [0, 0.1) is 20.8 Å². The van der Waals surface area contributed by atoms with Gasteiger partial charge >= 0.3 is 5.97 Å². The quantitative estimate of drug-likeness (QED) is 0.590. The topological polar surface area (TPSA) is 128 Å². The summed E-state index contributed by atoms with van der Waals surface area (Å²) >= 11 is 0. The molecule has 1 amide bonds. The molecule has 0 saturated carbocycles. The van der Waals surface area contributed by atoms with Gasteiger partial charge in [0.15, 0.2) is 6.61 Å². The molecule has 0 aliphatic heterocycles. The van der Waals surface area contributed by atoms with Crippen molar-refractivity contribution in [3.8, 4) is 17.4 Å². The highest BCUT2D eigenvalue weighted by molar-refractivity contribution is 5.96. The van der Waals surface area contributed by atoms with E-state index in [4.69, 9.17) is 9.47 Å². The molecule has 0 spiro atoms. The van der Waals surface area contributed by atoms with Gasteiger partial charge in [-0.05, 0) is 39.0 Å². The van der Waals surface area contributed by atoms with Crippen molar-refractivity contribution in [3.63, 3.8) is 0 Å². The zero-order chi connectivity index (χ0) is 21.8. The van der Waals surface area contributed by atoms with Crippen molar-refractivity contribution >= 4 is 17.7 Å². The van der Waals surface area contributed by atoms with Crippen molar-refractivity contribution < 1.29 is 24.2 Å². The molecule has 2 heterocycles. The molecule has 2 N–H and O–H groups in total. The fourth-order valence-corrected chi connectivity index (χ4v) is 2.74. The predicted molar refractivity (Wildman–Crippen MR) is 107 cm³/mol. The van der Waals surface area contributed by atoms with Crippen molar-refractivity contribution in [2.24, 2.45) is 0 Å². The van der Waals surface area contributed by atoms with Gasteiger partial charge in [-0.3, -0.25) is 4.79 Å². The van der Waals surface area contributed by atoms with Crippen LogP contribution in [0.3, 0.4) is 0 Å². The Morgan fingerprint density at radius 1 is 1.07 bits per heavy atom. The van der Waals surface area contributed by atoms with Crippen molar-refractivity contribution in [3.05, 3.63) is 53.0 Å². The van der Waals surface area contributed by atoms with Gasteiger partial charge in [-0.25, -0.2) is 14.8 Å². The molecule has 2 aromatic heterocycles. The Labute approximate surface area is 172 Å². The molecule has 1 aromatic carbocycles. The predicted octanol–water partition coefficient (Wildman–Crippen LogP) is 2.10. The zero-order valence-electron chi connectivity index (χ0n) is 17.0. The van der Waals surface area contributed by atoms with E-state index in [0.29, 0.717) is 23.2 Å². The first-order valence-corrected chi connectivity index (χ1v) is 9.00. The third-order valence-electron chi connectivity index (χ3n) is 4.02. The van der Waals surface area contributed by atoms with Gasteiger partial charge in [-0.1, -0.05) is 0 Å². The third-order valence-corrected chi connectivity index (χ3v) is 4.02. The van der Waals surface area contributed by atoms with E-state index in [9.17, 15) is 14.7 Å². The number of esters is 1. The van der Waals surface area contributed by atoms with E-state index in [2.05, 4.69) is 20.4 Å². The number of carbonyl (C=O) groups excluding carboxylic acids is 2. The molecule has 0 atom stereocenters. The maximum atomic E-state index is 12.3. The fraction of sp³-hybridized carbons (Fsp3) is 0.250. The Bertz CT molecular complexity index is 1090. The van der Waals surface area contributed by atoms with Crippen LogP contribution < -0.4 is 10.1 Å². The number of aromatic nitrogens is 4. The van der Waals surface area contributed by atoms with Crippen LogP contribution in [0.4, 0.5) is 5.82 Å². The lowest BCUT2D eigenvalue weighted by atomic mass is 10.2. The SMILES string of the molecule is COc1ccc(C(=O)OCC(=O)Nc2cc(C)nn2-c2nc(C)cc(C)n2)c(O)c1. The highest BCUT2D eigenvalue weighted by atomic mass is 16.5. The number of hydrogen-bond donors (Lipinski definition) is 2. The highest BCUT2D eigenvalue weighted by Gasteiger charge is 2.17. The fourth-order valence-electron chi connectivity index (χ4n) is 2.74. The number of nitrogens with one attached hydrogen (secondary N) is 1. The molecule has 0 aliphatic rings. The number of benzene rings is 1. The van der Waals surface area contributed by atoms with Crippen LogP contribution in [-0.2, 0) is 9.53 Å². The number of phenols is 1. The minimum Gasteiger partial charge on any atom is -0.507 e. The second-order valence-corrected chi connectivity index (χ2v) is 6.54. The summed E-state index contributed by atoms with van der Waals surface area (Å²) < 4.78 is 11.4. The maximum Gasteiger partial charge on any atom is 0.342 e. The number of amides is 1. The van der Waals surface area contributed by atoms with Gasteiger partial charge in [-0.15, -0.1) is 0 Å². The summed E-state index contributed by atoms with van der Waals surface area (Å²) in [7, 11) is 1.44. The summed E-state index contributed by atoms with van der Waals surface area (Å²) in [5.74, 6) is -0.684. The molecule has 0 bridgehead atoms. The van der Waals surface area contributed by atoms with E-state index in [0.717, 1.165) is 11.4 Å². The van der Waals surface area contributed by atoms with Gasteiger partial charge in [0.25, 0.3) is 11.9 Å². The Hall–Kier alpha value is -3.95.